The first kappa shape index (κ1) is 49.9. The van der Waals surface area contributed by atoms with Crippen LogP contribution in [0.5, 0.6) is 51.7 Å². The Hall–Kier alpha value is -6.50. The molecule has 4 aromatic carbocycles. The third-order valence-electron chi connectivity index (χ3n) is 13.3. The van der Waals surface area contributed by atoms with Crippen molar-refractivity contribution < 1.29 is 70.7 Å². The van der Waals surface area contributed by atoms with Crippen LogP contribution in [0.15, 0.2) is 54.6 Å². The molecule has 2 heterocycles. The zero-order valence-electron chi connectivity index (χ0n) is 40.8. The molecule has 0 N–H and O–H groups in total. The van der Waals surface area contributed by atoms with Crippen molar-refractivity contribution in [3.8, 4) is 63.6 Å². The van der Waals surface area contributed by atoms with E-state index in [1.807, 2.05) is 24.3 Å². The summed E-state index contributed by atoms with van der Waals surface area (Å²) in [5, 5.41) is 0. The molecule has 0 spiro atoms. The molecule has 4 aromatic rings. The summed E-state index contributed by atoms with van der Waals surface area (Å²) >= 11 is 0. The van der Waals surface area contributed by atoms with Crippen molar-refractivity contribution in [1.29, 1.82) is 0 Å². The molecule has 2 aliphatic rings. The van der Waals surface area contributed by atoms with Crippen LogP contribution in [-0.4, -0.2) is 138 Å². The number of rotatable bonds is 20. The Bertz CT molecular complexity index is 2440. The summed E-state index contributed by atoms with van der Waals surface area (Å²) in [4.78, 5) is 25.5. The summed E-state index contributed by atoms with van der Waals surface area (Å²) in [6.45, 7) is 3.30. The van der Waals surface area contributed by atoms with Gasteiger partial charge in [0.05, 0.1) is 117 Å². The second kappa shape index (κ2) is 22.3. The predicted molar refractivity (Wildman–Crippen MR) is 251 cm³/mol. The van der Waals surface area contributed by atoms with Crippen LogP contribution in [0.3, 0.4) is 0 Å². The fourth-order valence-corrected chi connectivity index (χ4v) is 9.81. The Kier molecular flexibility index (Phi) is 16.6. The largest absolute Gasteiger partial charge is 0.493 e. The Labute approximate surface area is 394 Å². The van der Waals surface area contributed by atoms with Gasteiger partial charge in [-0.25, -0.2) is 9.59 Å². The normalized spacial score (nSPS) is 19.3. The molecule has 0 saturated carbocycles. The van der Waals surface area contributed by atoms with Gasteiger partial charge in [0.25, 0.3) is 0 Å². The predicted octanol–water partition coefficient (Wildman–Crippen LogP) is 6.71. The Morgan fingerprint density at radius 1 is 0.522 bits per heavy atom. The molecule has 0 saturated heterocycles. The van der Waals surface area contributed by atoms with Crippen molar-refractivity contribution in [3.05, 3.63) is 88.0 Å². The molecule has 4 atom stereocenters. The highest BCUT2D eigenvalue weighted by Crippen LogP contribution is 2.47. The lowest BCUT2D eigenvalue weighted by molar-refractivity contribution is -0.941. The molecule has 15 heteroatoms. The van der Waals surface area contributed by atoms with E-state index in [1.165, 1.54) is 11.1 Å². The zero-order chi connectivity index (χ0) is 48.3. The van der Waals surface area contributed by atoms with Crippen LogP contribution in [0.4, 0.5) is 0 Å². The summed E-state index contributed by atoms with van der Waals surface area (Å²) in [5.41, 5.74) is 6.69. The lowest BCUT2D eigenvalue weighted by Crippen LogP contribution is -2.52. The maximum Gasteiger partial charge on any atom is 0.384 e. The Morgan fingerprint density at radius 2 is 0.970 bits per heavy atom. The van der Waals surface area contributed by atoms with Gasteiger partial charge in [0.1, 0.15) is 12.1 Å². The van der Waals surface area contributed by atoms with E-state index < -0.39 is 11.9 Å². The molecule has 0 aromatic heterocycles. The van der Waals surface area contributed by atoms with Crippen LogP contribution < -0.4 is 42.6 Å². The fraction of sp³-hybridized carbons (Fsp3) is 0.462. The van der Waals surface area contributed by atoms with Crippen LogP contribution in [0.1, 0.15) is 58.3 Å². The highest BCUT2D eigenvalue weighted by atomic mass is 16.5. The van der Waals surface area contributed by atoms with Crippen molar-refractivity contribution in [2.75, 3.05) is 117 Å². The van der Waals surface area contributed by atoms with E-state index in [9.17, 15) is 9.59 Å². The van der Waals surface area contributed by atoms with E-state index in [-0.39, 0.29) is 25.3 Å². The molecule has 0 aliphatic carbocycles. The highest BCUT2D eigenvalue weighted by Gasteiger charge is 2.42. The van der Waals surface area contributed by atoms with Crippen molar-refractivity contribution in [2.45, 2.75) is 44.2 Å². The van der Waals surface area contributed by atoms with Crippen molar-refractivity contribution in [2.24, 2.45) is 0 Å². The van der Waals surface area contributed by atoms with Gasteiger partial charge in [0.2, 0.25) is 5.75 Å². The summed E-state index contributed by atoms with van der Waals surface area (Å²) < 4.78 is 63.3. The number of hydrogen-bond donors (Lipinski definition) is 0. The van der Waals surface area contributed by atoms with Gasteiger partial charge in [-0.1, -0.05) is 0 Å². The van der Waals surface area contributed by atoms with Gasteiger partial charge >= 0.3 is 11.9 Å². The van der Waals surface area contributed by atoms with Gasteiger partial charge in [-0.05, 0) is 71.3 Å². The lowest BCUT2D eigenvalue weighted by atomic mass is 9.85. The summed E-state index contributed by atoms with van der Waals surface area (Å²) in [6.07, 6.45) is 3.41. The molecule has 0 amide bonds. The molecule has 15 nitrogen and oxygen atoms in total. The van der Waals surface area contributed by atoms with Crippen LogP contribution in [0.2, 0.25) is 0 Å². The molecule has 0 fully saturated rings. The Balaban J connectivity index is 1.07. The van der Waals surface area contributed by atoms with Gasteiger partial charge in [-0.2, -0.15) is 0 Å². The number of ether oxygens (including phenoxy) is 11. The van der Waals surface area contributed by atoms with E-state index >= 15 is 0 Å². The molecule has 2 aliphatic heterocycles. The smallest absolute Gasteiger partial charge is 0.384 e. The van der Waals surface area contributed by atoms with E-state index in [2.05, 4.69) is 56.3 Å². The van der Waals surface area contributed by atoms with E-state index in [1.54, 1.807) is 64.0 Å². The average Bonchev–Trinajstić information content (AvgIpc) is 3.35. The minimum Gasteiger partial charge on any atom is -0.493 e. The van der Waals surface area contributed by atoms with Crippen LogP contribution in [0.25, 0.3) is 0 Å². The first-order chi connectivity index (χ1) is 32.3. The Morgan fingerprint density at radius 3 is 1.48 bits per heavy atom. The van der Waals surface area contributed by atoms with E-state index in [0.717, 1.165) is 48.2 Å². The number of carbonyl (C=O) groups excluding carboxylic acids is 2. The standard InChI is InChI=1S/C52H66N2O13/c1-53(22-18-35-29-43(59-5)45(61-7)32-38(35)40(53)26-34-27-47(63-9)52(65-11)48(28-34)64-10)20-12-24-66-49(55)16-17-50(56)67-25-13-21-54(2)23-19-36-30-44(60-6)46(62-8)33-39(36)51(54)37-14-15-41(57-3)42(31-37)58-4/h14-15,27-33,40,51H,12-13,18-26H2,1-11H3/q+2. The number of nitrogens with zero attached hydrogens (tertiary/aromatic N) is 2. The second-order valence-electron chi connectivity index (χ2n) is 17.2. The topological polar surface area (TPSA) is 136 Å². The third kappa shape index (κ3) is 11.0. The number of benzene rings is 4. The molecular weight excluding hydrogens is 861 g/mol. The third-order valence-corrected chi connectivity index (χ3v) is 13.3. The fourth-order valence-electron chi connectivity index (χ4n) is 9.81. The summed E-state index contributed by atoms with van der Waals surface area (Å²) in [7, 11) is 19.0. The molecule has 67 heavy (non-hydrogen) atoms. The SMILES string of the molecule is COc1ccc(C2c3cc(OC)c(OC)cc3CC[N+]2(C)CCCOC(=O)C#CC(=O)OCCC[N+]2(C)CCc3cc(OC)c(OC)cc3C2Cc2cc(OC)c(OC)c(OC)c2)cc1OC. The van der Waals surface area contributed by atoms with Crippen LogP contribution >= 0.6 is 0 Å². The van der Waals surface area contributed by atoms with E-state index in [0.29, 0.717) is 93.1 Å². The number of quaternary nitrogens is 2. The number of fused-ring (bicyclic) bond motifs is 2. The summed E-state index contributed by atoms with van der Waals surface area (Å²) in [5.74, 6) is 8.69. The lowest BCUT2D eigenvalue weighted by Gasteiger charge is -2.46. The second-order valence-corrected chi connectivity index (χ2v) is 17.2. The monoisotopic (exact) mass is 926 g/mol. The maximum atomic E-state index is 12.8. The number of methoxy groups -OCH3 is 9. The number of carbonyl (C=O) groups is 2. The highest BCUT2D eigenvalue weighted by molar-refractivity contribution is 5.98. The number of esters is 2. The molecular formula is C52H66N2O13+2. The van der Waals surface area contributed by atoms with Gasteiger partial charge < -0.3 is 61.1 Å². The minimum atomic E-state index is -0.788. The molecule has 6 rings (SSSR count). The van der Waals surface area contributed by atoms with Gasteiger partial charge in [0, 0.05) is 60.6 Å². The first-order valence-corrected chi connectivity index (χ1v) is 22.4. The van der Waals surface area contributed by atoms with Gasteiger partial charge in [0.15, 0.2) is 46.0 Å². The number of hydrogen-bond acceptors (Lipinski definition) is 13. The zero-order valence-corrected chi connectivity index (χ0v) is 40.8. The minimum absolute atomic E-state index is 0.00333. The molecule has 0 radical (unpaired) electrons. The summed E-state index contributed by atoms with van der Waals surface area (Å²) in [6, 6.07) is 18.1. The number of likely N-dealkylation sites (N-methyl/N-ethyl adjacent to an activating group) is 2. The quantitative estimate of drug-likeness (QED) is 0.0306. The van der Waals surface area contributed by atoms with Gasteiger partial charge in [-0.3, -0.25) is 0 Å². The van der Waals surface area contributed by atoms with Crippen LogP contribution in [-0.2, 0) is 38.3 Å². The van der Waals surface area contributed by atoms with Crippen molar-refractivity contribution in [1.82, 2.24) is 0 Å². The maximum absolute atomic E-state index is 12.8. The first-order valence-electron chi connectivity index (χ1n) is 22.4. The van der Waals surface area contributed by atoms with Crippen molar-refractivity contribution >= 4 is 11.9 Å². The van der Waals surface area contributed by atoms with E-state index in [4.69, 9.17) is 52.1 Å². The van der Waals surface area contributed by atoms with Crippen LogP contribution in [0, 0.1) is 11.8 Å². The molecule has 360 valence electrons. The molecule has 0 bridgehead atoms. The van der Waals surface area contributed by atoms with Crippen molar-refractivity contribution in [3.63, 3.8) is 0 Å². The van der Waals surface area contributed by atoms with Gasteiger partial charge in [-0.15, -0.1) is 0 Å². The average molecular weight is 927 g/mol. The molecule has 4 unspecified atom stereocenters.